The third kappa shape index (κ3) is 4.04. The Morgan fingerprint density at radius 2 is 2.06 bits per heavy atom. The molecule has 0 fully saturated rings. The zero-order valence-corrected chi connectivity index (χ0v) is 11.5. The third-order valence-electron chi connectivity index (χ3n) is 2.66. The summed E-state index contributed by atoms with van der Waals surface area (Å²) >= 11 is 5.50. The molecule has 3 heteroatoms. The van der Waals surface area contributed by atoms with E-state index in [4.69, 9.17) is 16.3 Å². The van der Waals surface area contributed by atoms with Gasteiger partial charge in [0, 0.05) is 0 Å². The number of hydrogen-bond donors (Lipinski definition) is 0. The quantitative estimate of drug-likeness (QED) is 0.743. The summed E-state index contributed by atoms with van der Waals surface area (Å²) in [5.41, 5.74) is 0.563. The molecule has 0 unspecified atom stereocenters. The summed E-state index contributed by atoms with van der Waals surface area (Å²) in [6, 6.07) is 7.91. The van der Waals surface area contributed by atoms with Crippen LogP contribution in [0.25, 0.3) is 0 Å². The van der Waals surface area contributed by atoms with Gasteiger partial charge in [0.15, 0.2) is 0 Å². The van der Waals surface area contributed by atoms with E-state index in [0.29, 0.717) is 5.92 Å². The van der Waals surface area contributed by atoms with Crippen LogP contribution in [0.2, 0.25) is 0 Å². The lowest BCUT2D eigenvalue weighted by Crippen LogP contribution is -2.27. The molecule has 0 amide bonds. The third-order valence-corrected chi connectivity index (χ3v) is 3.17. The Kier molecular flexibility index (Phi) is 4.58. The van der Waals surface area contributed by atoms with E-state index < -0.39 is 5.41 Å². The van der Waals surface area contributed by atoms with Crippen LogP contribution in [0.15, 0.2) is 24.3 Å². The van der Waals surface area contributed by atoms with E-state index in [1.54, 1.807) is 13.8 Å². The molecule has 0 aliphatic carbocycles. The number of halogens is 1. The Balaban J connectivity index is 2.70. The maximum atomic E-state index is 11.1. The van der Waals surface area contributed by atoms with Gasteiger partial charge in [0.05, 0.1) is 5.41 Å². The number of carbonyl (C=O) groups is 1. The molecule has 0 N–H and O–H groups in total. The van der Waals surface area contributed by atoms with Gasteiger partial charge >= 0.3 is 0 Å². The number of rotatable bonds is 5. The summed E-state index contributed by atoms with van der Waals surface area (Å²) in [5, 5.41) is -0.377. The zero-order valence-electron chi connectivity index (χ0n) is 10.8. The highest BCUT2D eigenvalue weighted by molar-refractivity contribution is 6.64. The first kappa shape index (κ1) is 14.0. The molecule has 0 heterocycles. The molecule has 0 saturated carbocycles. The van der Waals surface area contributed by atoms with Crippen LogP contribution in [0, 0.1) is 5.41 Å². The van der Waals surface area contributed by atoms with E-state index in [2.05, 4.69) is 19.9 Å². The van der Waals surface area contributed by atoms with Gasteiger partial charge in [-0.05, 0) is 49.1 Å². The van der Waals surface area contributed by atoms with Gasteiger partial charge in [-0.1, -0.05) is 26.0 Å². The van der Waals surface area contributed by atoms with Crippen molar-refractivity contribution >= 4 is 16.8 Å². The number of carbonyl (C=O) groups excluding carboxylic acids is 1. The SMILES string of the molecule is CC(C)c1cccc(OCC(C)(C)C(=O)Cl)c1. The van der Waals surface area contributed by atoms with Crippen molar-refractivity contribution in [3.05, 3.63) is 29.8 Å². The predicted molar refractivity (Wildman–Crippen MR) is 70.7 cm³/mol. The fraction of sp³-hybridized carbons (Fsp3) is 0.500. The smallest absolute Gasteiger partial charge is 0.230 e. The summed E-state index contributed by atoms with van der Waals surface area (Å²) in [4.78, 5) is 11.1. The van der Waals surface area contributed by atoms with Crippen LogP contribution in [-0.4, -0.2) is 11.8 Å². The molecule has 0 spiro atoms. The summed E-state index contributed by atoms with van der Waals surface area (Å²) in [5.74, 6) is 1.24. The standard InChI is InChI=1S/C14H19ClO2/c1-10(2)11-6-5-7-12(8-11)17-9-14(3,4)13(15)16/h5-8,10H,9H2,1-4H3. The van der Waals surface area contributed by atoms with E-state index in [0.717, 1.165) is 5.75 Å². The first-order valence-electron chi connectivity index (χ1n) is 5.75. The van der Waals surface area contributed by atoms with Crippen LogP contribution >= 0.6 is 11.6 Å². The maximum absolute atomic E-state index is 11.1. The average Bonchev–Trinajstić information content (AvgIpc) is 2.26. The molecule has 0 aromatic heterocycles. The topological polar surface area (TPSA) is 26.3 Å². The zero-order chi connectivity index (χ0) is 13.1. The highest BCUT2D eigenvalue weighted by Gasteiger charge is 2.26. The van der Waals surface area contributed by atoms with E-state index in [1.807, 2.05) is 18.2 Å². The van der Waals surface area contributed by atoms with Gasteiger partial charge in [0.25, 0.3) is 0 Å². The molecule has 0 saturated heterocycles. The van der Waals surface area contributed by atoms with Gasteiger partial charge < -0.3 is 4.74 Å². The van der Waals surface area contributed by atoms with Crippen LogP contribution in [0.4, 0.5) is 0 Å². The predicted octanol–water partition coefficient (Wildman–Crippen LogP) is 3.98. The minimum absolute atomic E-state index is 0.289. The van der Waals surface area contributed by atoms with Crippen LogP contribution in [0.1, 0.15) is 39.2 Å². The lowest BCUT2D eigenvalue weighted by Gasteiger charge is -2.20. The Hall–Kier alpha value is -1.02. The second kappa shape index (κ2) is 5.54. The molecular formula is C14H19ClO2. The molecule has 94 valence electrons. The van der Waals surface area contributed by atoms with Gasteiger partial charge in [0.1, 0.15) is 12.4 Å². The average molecular weight is 255 g/mol. The molecule has 2 nitrogen and oxygen atoms in total. The minimum Gasteiger partial charge on any atom is -0.493 e. The van der Waals surface area contributed by atoms with E-state index in [9.17, 15) is 4.79 Å². The van der Waals surface area contributed by atoms with E-state index in [-0.39, 0.29) is 11.8 Å². The first-order valence-corrected chi connectivity index (χ1v) is 6.13. The number of ether oxygens (including phenoxy) is 1. The van der Waals surface area contributed by atoms with Crippen molar-refractivity contribution in [1.82, 2.24) is 0 Å². The fourth-order valence-corrected chi connectivity index (χ4v) is 1.34. The van der Waals surface area contributed by atoms with Crippen molar-refractivity contribution in [3.8, 4) is 5.75 Å². The maximum Gasteiger partial charge on any atom is 0.230 e. The monoisotopic (exact) mass is 254 g/mol. The van der Waals surface area contributed by atoms with Crippen molar-refractivity contribution in [2.75, 3.05) is 6.61 Å². The molecule has 0 bridgehead atoms. The van der Waals surface area contributed by atoms with Gasteiger partial charge in [-0.15, -0.1) is 0 Å². The van der Waals surface area contributed by atoms with E-state index >= 15 is 0 Å². The minimum atomic E-state index is -0.657. The van der Waals surface area contributed by atoms with Gasteiger partial charge in [-0.3, -0.25) is 4.79 Å². The molecule has 0 aliphatic heterocycles. The molecule has 0 atom stereocenters. The lowest BCUT2D eigenvalue weighted by atomic mass is 9.97. The molecule has 17 heavy (non-hydrogen) atoms. The Morgan fingerprint density at radius 1 is 1.41 bits per heavy atom. The molecule has 0 aliphatic rings. The Morgan fingerprint density at radius 3 is 2.59 bits per heavy atom. The summed E-state index contributed by atoms with van der Waals surface area (Å²) < 4.78 is 5.62. The van der Waals surface area contributed by atoms with Crippen LogP contribution in [0.3, 0.4) is 0 Å². The highest BCUT2D eigenvalue weighted by Crippen LogP contribution is 2.24. The van der Waals surface area contributed by atoms with Gasteiger partial charge in [-0.25, -0.2) is 0 Å². The van der Waals surface area contributed by atoms with E-state index in [1.165, 1.54) is 5.56 Å². The van der Waals surface area contributed by atoms with Crippen molar-refractivity contribution in [2.45, 2.75) is 33.6 Å². The van der Waals surface area contributed by atoms with Crippen molar-refractivity contribution in [3.63, 3.8) is 0 Å². The molecular weight excluding hydrogens is 236 g/mol. The van der Waals surface area contributed by atoms with Crippen molar-refractivity contribution in [2.24, 2.45) is 5.41 Å². The normalized spacial score (nSPS) is 11.6. The molecule has 1 rings (SSSR count). The molecule has 0 radical (unpaired) electrons. The van der Waals surface area contributed by atoms with Crippen molar-refractivity contribution < 1.29 is 9.53 Å². The molecule has 1 aromatic rings. The van der Waals surface area contributed by atoms with Crippen LogP contribution < -0.4 is 4.74 Å². The van der Waals surface area contributed by atoms with Crippen LogP contribution in [-0.2, 0) is 4.79 Å². The summed E-state index contributed by atoms with van der Waals surface area (Å²) in [6.07, 6.45) is 0. The first-order chi connectivity index (χ1) is 7.83. The van der Waals surface area contributed by atoms with Gasteiger partial charge in [0.2, 0.25) is 5.24 Å². The van der Waals surface area contributed by atoms with Gasteiger partial charge in [-0.2, -0.15) is 0 Å². The highest BCUT2D eigenvalue weighted by atomic mass is 35.5. The number of benzene rings is 1. The second-order valence-corrected chi connectivity index (χ2v) is 5.52. The second-order valence-electron chi connectivity index (χ2n) is 5.17. The Labute approximate surface area is 108 Å². The lowest BCUT2D eigenvalue weighted by molar-refractivity contribution is -0.120. The van der Waals surface area contributed by atoms with Crippen LogP contribution in [0.5, 0.6) is 5.75 Å². The molecule has 1 aromatic carbocycles. The summed E-state index contributed by atoms with van der Waals surface area (Å²) in [7, 11) is 0. The fourth-order valence-electron chi connectivity index (χ4n) is 1.28. The van der Waals surface area contributed by atoms with Crippen molar-refractivity contribution in [1.29, 1.82) is 0 Å². The number of hydrogen-bond acceptors (Lipinski definition) is 2. The Bertz CT molecular complexity index is 397. The summed E-state index contributed by atoms with van der Waals surface area (Å²) in [6.45, 7) is 8.09. The largest absolute Gasteiger partial charge is 0.493 e.